The second kappa shape index (κ2) is 5.84. The number of nitrogens with two attached hydrogens (primary N) is 1. The van der Waals surface area contributed by atoms with E-state index in [0.29, 0.717) is 5.41 Å². The van der Waals surface area contributed by atoms with Crippen LogP contribution in [-0.2, 0) is 0 Å². The first-order valence-electron chi connectivity index (χ1n) is 6.89. The zero-order valence-electron chi connectivity index (χ0n) is 11.6. The van der Waals surface area contributed by atoms with Crippen molar-refractivity contribution in [2.45, 2.75) is 58.4 Å². The number of likely N-dealkylation sites (tertiary alicyclic amines) is 1. The molecule has 1 heterocycles. The van der Waals surface area contributed by atoms with Crippen molar-refractivity contribution >= 4 is 0 Å². The van der Waals surface area contributed by atoms with E-state index >= 15 is 0 Å². The topological polar surface area (TPSA) is 53.0 Å². The molecule has 0 aromatic carbocycles. The van der Waals surface area contributed by atoms with E-state index in [9.17, 15) is 0 Å². The van der Waals surface area contributed by atoms with Crippen molar-refractivity contribution in [2.24, 2.45) is 11.1 Å². The third kappa shape index (κ3) is 3.97. The lowest BCUT2D eigenvalue weighted by atomic mass is 9.82. The van der Waals surface area contributed by atoms with E-state index in [0.717, 1.165) is 19.4 Å². The highest BCUT2D eigenvalue weighted by atomic mass is 15.2. The van der Waals surface area contributed by atoms with Crippen LogP contribution in [0.2, 0.25) is 0 Å². The van der Waals surface area contributed by atoms with Gasteiger partial charge in [0.05, 0.1) is 6.07 Å². The van der Waals surface area contributed by atoms with Crippen molar-refractivity contribution in [3.63, 3.8) is 0 Å². The lowest BCUT2D eigenvalue weighted by Crippen LogP contribution is -2.35. The summed E-state index contributed by atoms with van der Waals surface area (Å²) < 4.78 is 0. The molecule has 0 aromatic heterocycles. The van der Waals surface area contributed by atoms with Crippen molar-refractivity contribution in [1.82, 2.24) is 4.90 Å². The van der Waals surface area contributed by atoms with Gasteiger partial charge in [-0.25, -0.2) is 0 Å². The highest BCUT2D eigenvalue weighted by Crippen LogP contribution is 2.36. The van der Waals surface area contributed by atoms with Crippen LogP contribution in [0, 0.1) is 16.7 Å². The van der Waals surface area contributed by atoms with Crippen LogP contribution >= 0.6 is 0 Å². The predicted molar refractivity (Wildman–Crippen MR) is 71.5 cm³/mol. The summed E-state index contributed by atoms with van der Waals surface area (Å²) in [5.74, 6) is 0. The molecule has 1 aliphatic rings. The zero-order valence-corrected chi connectivity index (χ0v) is 11.6. The van der Waals surface area contributed by atoms with Gasteiger partial charge in [-0.2, -0.15) is 5.26 Å². The normalized spacial score (nSPS) is 23.2. The Kier molecular flexibility index (Phi) is 4.97. The number of hydrogen-bond acceptors (Lipinski definition) is 3. The monoisotopic (exact) mass is 237 g/mol. The summed E-state index contributed by atoms with van der Waals surface area (Å²) in [6.07, 6.45) is 5.73. The molecule has 1 unspecified atom stereocenters. The molecule has 17 heavy (non-hydrogen) atoms. The number of nitrogens with zero attached hydrogens (tertiary/aromatic N) is 2. The summed E-state index contributed by atoms with van der Waals surface area (Å²) in [6, 6.07) is 2.16. The van der Waals surface area contributed by atoms with Gasteiger partial charge in [0.1, 0.15) is 5.54 Å². The van der Waals surface area contributed by atoms with E-state index in [1.54, 1.807) is 0 Å². The van der Waals surface area contributed by atoms with Crippen LogP contribution in [0.1, 0.15) is 52.9 Å². The average Bonchev–Trinajstić information content (AvgIpc) is 2.73. The molecule has 1 atom stereocenters. The standard InChI is InChI=1S/C14H27N3/c1-4-14(5-2)8-10-17(12-14)9-6-7-13(3,16)11-15/h4-10,12,16H2,1-3H3. The zero-order chi connectivity index (χ0) is 12.9. The summed E-state index contributed by atoms with van der Waals surface area (Å²) in [7, 11) is 0. The predicted octanol–water partition coefficient (Wildman–Crippen LogP) is 2.52. The van der Waals surface area contributed by atoms with Gasteiger partial charge in [0.2, 0.25) is 0 Å². The van der Waals surface area contributed by atoms with Crippen LogP contribution < -0.4 is 5.73 Å². The van der Waals surface area contributed by atoms with Crippen LogP contribution in [0.25, 0.3) is 0 Å². The van der Waals surface area contributed by atoms with Crippen molar-refractivity contribution in [2.75, 3.05) is 19.6 Å². The van der Waals surface area contributed by atoms with Crippen molar-refractivity contribution in [1.29, 1.82) is 5.26 Å². The van der Waals surface area contributed by atoms with Crippen molar-refractivity contribution in [3.05, 3.63) is 0 Å². The first kappa shape index (κ1) is 14.5. The molecule has 0 amide bonds. The molecule has 0 spiro atoms. The Morgan fingerprint density at radius 1 is 1.41 bits per heavy atom. The molecule has 1 fully saturated rings. The first-order valence-corrected chi connectivity index (χ1v) is 6.89. The van der Waals surface area contributed by atoms with Crippen LogP contribution in [0.4, 0.5) is 0 Å². The largest absolute Gasteiger partial charge is 0.314 e. The van der Waals surface area contributed by atoms with Gasteiger partial charge in [-0.3, -0.25) is 0 Å². The second-order valence-electron chi connectivity index (χ2n) is 5.87. The summed E-state index contributed by atoms with van der Waals surface area (Å²) in [5.41, 5.74) is 5.74. The Labute approximate surface area is 106 Å². The van der Waals surface area contributed by atoms with E-state index in [1.807, 2.05) is 6.92 Å². The molecule has 1 saturated heterocycles. The second-order valence-corrected chi connectivity index (χ2v) is 5.87. The van der Waals surface area contributed by atoms with Gasteiger partial charge in [-0.1, -0.05) is 13.8 Å². The molecule has 98 valence electrons. The van der Waals surface area contributed by atoms with Crippen LogP contribution in [0.3, 0.4) is 0 Å². The molecule has 0 bridgehead atoms. The molecule has 0 saturated carbocycles. The minimum atomic E-state index is -0.647. The van der Waals surface area contributed by atoms with E-state index in [2.05, 4.69) is 24.8 Å². The van der Waals surface area contributed by atoms with E-state index < -0.39 is 5.54 Å². The van der Waals surface area contributed by atoms with Crippen molar-refractivity contribution in [3.8, 4) is 6.07 Å². The molecule has 2 N–H and O–H groups in total. The molecule has 3 nitrogen and oxygen atoms in total. The number of nitriles is 1. The summed E-state index contributed by atoms with van der Waals surface area (Å²) in [5, 5.41) is 8.86. The lowest BCUT2D eigenvalue weighted by molar-refractivity contribution is 0.236. The third-order valence-corrected chi connectivity index (χ3v) is 4.44. The Balaban J connectivity index is 2.30. The van der Waals surface area contributed by atoms with Gasteiger partial charge in [-0.15, -0.1) is 0 Å². The average molecular weight is 237 g/mol. The summed E-state index contributed by atoms with van der Waals surface area (Å²) in [4.78, 5) is 2.54. The maximum atomic E-state index is 8.86. The Morgan fingerprint density at radius 3 is 2.53 bits per heavy atom. The van der Waals surface area contributed by atoms with Crippen molar-refractivity contribution < 1.29 is 0 Å². The van der Waals surface area contributed by atoms with E-state index in [4.69, 9.17) is 11.0 Å². The fraction of sp³-hybridized carbons (Fsp3) is 0.929. The quantitative estimate of drug-likeness (QED) is 0.772. The lowest BCUT2D eigenvalue weighted by Gasteiger charge is -2.26. The SMILES string of the molecule is CCC1(CC)CCN(CCCC(C)(N)C#N)C1. The van der Waals surface area contributed by atoms with E-state index in [-0.39, 0.29) is 0 Å². The fourth-order valence-electron chi connectivity index (χ4n) is 2.77. The maximum absolute atomic E-state index is 8.86. The first-order chi connectivity index (χ1) is 7.97. The highest BCUT2D eigenvalue weighted by molar-refractivity contribution is 5.00. The molecule has 1 aliphatic heterocycles. The maximum Gasteiger partial charge on any atom is 0.101 e. The Hall–Kier alpha value is -0.590. The molecule has 0 aliphatic carbocycles. The molecular weight excluding hydrogens is 210 g/mol. The third-order valence-electron chi connectivity index (χ3n) is 4.44. The van der Waals surface area contributed by atoms with Crippen LogP contribution in [-0.4, -0.2) is 30.1 Å². The molecular formula is C14H27N3. The minimum Gasteiger partial charge on any atom is -0.314 e. The fourth-order valence-corrected chi connectivity index (χ4v) is 2.77. The van der Waals surface area contributed by atoms with Gasteiger partial charge in [0.15, 0.2) is 0 Å². The van der Waals surface area contributed by atoms with Gasteiger partial charge >= 0.3 is 0 Å². The number of hydrogen-bond donors (Lipinski definition) is 1. The Morgan fingerprint density at radius 2 is 2.06 bits per heavy atom. The summed E-state index contributed by atoms with van der Waals surface area (Å²) in [6.45, 7) is 9.97. The molecule has 1 rings (SSSR count). The van der Waals surface area contributed by atoms with Gasteiger partial charge in [-0.05, 0) is 57.5 Å². The summed E-state index contributed by atoms with van der Waals surface area (Å²) >= 11 is 0. The molecule has 0 aromatic rings. The smallest absolute Gasteiger partial charge is 0.101 e. The van der Waals surface area contributed by atoms with E-state index in [1.165, 1.54) is 32.4 Å². The Bertz CT molecular complexity index is 274. The van der Waals surface area contributed by atoms with Gasteiger partial charge < -0.3 is 10.6 Å². The van der Waals surface area contributed by atoms with Gasteiger partial charge in [0, 0.05) is 6.54 Å². The minimum absolute atomic E-state index is 0.557. The van der Waals surface area contributed by atoms with Crippen LogP contribution in [0.15, 0.2) is 0 Å². The number of rotatable bonds is 6. The molecule has 0 radical (unpaired) electrons. The highest BCUT2D eigenvalue weighted by Gasteiger charge is 2.34. The van der Waals surface area contributed by atoms with Crippen LogP contribution in [0.5, 0.6) is 0 Å². The van der Waals surface area contributed by atoms with Gasteiger partial charge in [0.25, 0.3) is 0 Å². The molecule has 3 heteroatoms.